The zero-order valence-electron chi connectivity index (χ0n) is 10.4. The van der Waals surface area contributed by atoms with E-state index >= 15 is 0 Å². The number of likely N-dealkylation sites (tertiary alicyclic amines) is 1. The molecule has 2 N–H and O–H groups in total. The predicted molar refractivity (Wildman–Crippen MR) is 68.3 cm³/mol. The Balaban J connectivity index is 2.15. The van der Waals surface area contributed by atoms with Crippen molar-refractivity contribution in [3.05, 3.63) is 35.4 Å². The van der Waals surface area contributed by atoms with Gasteiger partial charge in [0.05, 0.1) is 11.6 Å². The van der Waals surface area contributed by atoms with Gasteiger partial charge in [0, 0.05) is 25.2 Å². The van der Waals surface area contributed by atoms with Crippen LogP contribution in [0.15, 0.2) is 24.3 Å². The van der Waals surface area contributed by atoms with Crippen LogP contribution in [-0.4, -0.2) is 24.0 Å². The molecule has 0 spiro atoms. The molecule has 0 saturated carbocycles. The molecule has 3 unspecified atom stereocenters. The van der Waals surface area contributed by atoms with Crippen molar-refractivity contribution in [3.63, 3.8) is 0 Å². The molecule has 0 aromatic heterocycles. The van der Waals surface area contributed by atoms with Crippen LogP contribution in [0, 0.1) is 17.2 Å². The summed E-state index contributed by atoms with van der Waals surface area (Å²) in [6.07, 6.45) is 0. The number of nitrogens with two attached hydrogens (primary N) is 1. The van der Waals surface area contributed by atoms with Gasteiger partial charge < -0.3 is 5.73 Å². The number of nitriles is 1. The Morgan fingerprint density at radius 2 is 2.24 bits per heavy atom. The molecule has 1 aliphatic rings. The van der Waals surface area contributed by atoms with Crippen molar-refractivity contribution in [2.45, 2.75) is 25.9 Å². The van der Waals surface area contributed by atoms with Crippen LogP contribution in [0.2, 0.25) is 0 Å². The predicted octanol–water partition coefficient (Wildman–Crippen LogP) is 1.90. The van der Waals surface area contributed by atoms with E-state index in [-0.39, 0.29) is 6.04 Å². The van der Waals surface area contributed by atoms with Gasteiger partial charge in [-0.15, -0.1) is 0 Å². The SMILES string of the molecule is CC1CN(C(C)c2cccc(C#N)c2)CC1N. The van der Waals surface area contributed by atoms with E-state index in [0.29, 0.717) is 12.0 Å². The van der Waals surface area contributed by atoms with Gasteiger partial charge >= 0.3 is 0 Å². The molecule has 1 aromatic carbocycles. The van der Waals surface area contributed by atoms with Gasteiger partial charge in [-0.2, -0.15) is 5.26 Å². The fraction of sp³-hybridized carbons (Fsp3) is 0.500. The lowest BCUT2D eigenvalue weighted by molar-refractivity contribution is 0.253. The maximum absolute atomic E-state index is 8.91. The fourth-order valence-electron chi connectivity index (χ4n) is 2.43. The molecule has 3 atom stereocenters. The Labute approximate surface area is 103 Å². The van der Waals surface area contributed by atoms with Crippen molar-refractivity contribution in [2.75, 3.05) is 13.1 Å². The topological polar surface area (TPSA) is 53.0 Å². The molecule has 0 bridgehead atoms. The Morgan fingerprint density at radius 3 is 2.82 bits per heavy atom. The van der Waals surface area contributed by atoms with Crippen molar-refractivity contribution in [1.29, 1.82) is 5.26 Å². The first-order valence-corrected chi connectivity index (χ1v) is 6.11. The molecule has 3 heteroatoms. The Hall–Kier alpha value is -1.37. The van der Waals surface area contributed by atoms with Gasteiger partial charge in [0.25, 0.3) is 0 Å². The van der Waals surface area contributed by atoms with E-state index in [2.05, 4.69) is 30.9 Å². The molecule has 0 radical (unpaired) electrons. The highest BCUT2D eigenvalue weighted by Gasteiger charge is 2.29. The van der Waals surface area contributed by atoms with Crippen molar-refractivity contribution in [3.8, 4) is 6.07 Å². The molecule has 1 heterocycles. The molecule has 0 amide bonds. The minimum Gasteiger partial charge on any atom is -0.326 e. The first-order valence-electron chi connectivity index (χ1n) is 6.11. The lowest BCUT2D eigenvalue weighted by atomic mass is 10.0. The standard InChI is InChI=1S/C14H19N3/c1-10-8-17(9-14(10)16)11(2)13-5-3-4-12(6-13)7-15/h3-6,10-11,14H,8-9,16H2,1-2H3. The summed E-state index contributed by atoms with van der Waals surface area (Å²) in [6, 6.07) is 10.6. The third-order valence-corrected chi connectivity index (χ3v) is 3.74. The van der Waals surface area contributed by atoms with Crippen LogP contribution >= 0.6 is 0 Å². The van der Waals surface area contributed by atoms with E-state index < -0.39 is 0 Å². The molecule has 90 valence electrons. The van der Waals surface area contributed by atoms with Crippen molar-refractivity contribution < 1.29 is 0 Å². The first kappa shape index (κ1) is 12.1. The fourth-order valence-corrected chi connectivity index (χ4v) is 2.43. The van der Waals surface area contributed by atoms with E-state index in [1.807, 2.05) is 18.2 Å². The van der Waals surface area contributed by atoms with Gasteiger partial charge in [-0.05, 0) is 30.5 Å². The summed E-state index contributed by atoms with van der Waals surface area (Å²) in [4.78, 5) is 2.39. The summed E-state index contributed by atoms with van der Waals surface area (Å²) in [5, 5.41) is 8.91. The lowest BCUT2D eigenvalue weighted by Crippen LogP contribution is -2.29. The normalized spacial score (nSPS) is 26.7. The number of nitrogens with zero attached hydrogens (tertiary/aromatic N) is 2. The molecule has 2 rings (SSSR count). The maximum Gasteiger partial charge on any atom is 0.0991 e. The number of hydrogen-bond donors (Lipinski definition) is 1. The third-order valence-electron chi connectivity index (χ3n) is 3.74. The number of hydrogen-bond acceptors (Lipinski definition) is 3. The minimum atomic E-state index is 0.275. The van der Waals surface area contributed by atoms with Crippen LogP contribution in [0.4, 0.5) is 0 Å². The molecular formula is C14H19N3. The minimum absolute atomic E-state index is 0.275. The van der Waals surface area contributed by atoms with Crippen LogP contribution in [0.5, 0.6) is 0 Å². The van der Waals surface area contributed by atoms with Gasteiger partial charge in [-0.3, -0.25) is 4.90 Å². The zero-order valence-corrected chi connectivity index (χ0v) is 10.4. The van der Waals surface area contributed by atoms with Gasteiger partial charge in [0.2, 0.25) is 0 Å². The highest BCUT2D eigenvalue weighted by Crippen LogP contribution is 2.26. The average molecular weight is 229 g/mol. The first-order chi connectivity index (χ1) is 8.11. The van der Waals surface area contributed by atoms with E-state index in [1.165, 1.54) is 5.56 Å². The summed E-state index contributed by atoms with van der Waals surface area (Å²) < 4.78 is 0. The number of benzene rings is 1. The summed E-state index contributed by atoms with van der Waals surface area (Å²) in [5.41, 5.74) is 7.97. The van der Waals surface area contributed by atoms with Crippen LogP contribution < -0.4 is 5.73 Å². The zero-order chi connectivity index (χ0) is 12.4. The van der Waals surface area contributed by atoms with Crippen molar-refractivity contribution in [1.82, 2.24) is 4.90 Å². The lowest BCUT2D eigenvalue weighted by Gasteiger charge is -2.24. The molecule has 1 aliphatic heterocycles. The molecule has 3 nitrogen and oxygen atoms in total. The number of rotatable bonds is 2. The monoisotopic (exact) mass is 229 g/mol. The third kappa shape index (κ3) is 2.49. The summed E-state index contributed by atoms with van der Waals surface area (Å²) in [6.45, 7) is 6.36. The highest BCUT2D eigenvalue weighted by atomic mass is 15.2. The Morgan fingerprint density at radius 1 is 1.47 bits per heavy atom. The van der Waals surface area contributed by atoms with Crippen LogP contribution in [0.25, 0.3) is 0 Å². The van der Waals surface area contributed by atoms with Gasteiger partial charge in [0.1, 0.15) is 0 Å². The van der Waals surface area contributed by atoms with Crippen LogP contribution in [0.3, 0.4) is 0 Å². The highest BCUT2D eigenvalue weighted by molar-refractivity contribution is 5.34. The molecule has 1 fully saturated rings. The quantitative estimate of drug-likeness (QED) is 0.842. The van der Waals surface area contributed by atoms with Gasteiger partial charge in [0.15, 0.2) is 0 Å². The molecule has 1 aromatic rings. The molecule has 1 saturated heterocycles. The van der Waals surface area contributed by atoms with Crippen LogP contribution in [-0.2, 0) is 0 Å². The average Bonchev–Trinajstić information content (AvgIpc) is 2.69. The second kappa shape index (κ2) is 4.87. The van der Waals surface area contributed by atoms with Crippen LogP contribution in [0.1, 0.15) is 31.0 Å². The largest absolute Gasteiger partial charge is 0.326 e. The molecule has 0 aliphatic carbocycles. The summed E-state index contributed by atoms with van der Waals surface area (Å²) >= 11 is 0. The van der Waals surface area contributed by atoms with Gasteiger partial charge in [-0.1, -0.05) is 19.1 Å². The Bertz CT molecular complexity index is 425. The van der Waals surface area contributed by atoms with E-state index in [4.69, 9.17) is 11.0 Å². The summed E-state index contributed by atoms with van der Waals surface area (Å²) in [5.74, 6) is 0.552. The molecule has 17 heavy (non-hydrogen) atoms. The van der Waals surface area contributed by atoms with Gasteiger partial charge in [-0.25, -0.2) is 0 Å². The molecular weight excluding hydrogens is 210 g/mol. The van der Waals surface area contributed by atoms with E-state index in [9.17, 15) is 0 Å². The van der Waals surface area contributed by atoms with Crippen molar-refractivity contribution in [2.24, 2.45) is 11.7 Å². The Kier molecular flexibility index (Phi) is 3.46. The van der Waals surface area contributed by atoms with Crippen molar-refractivity contribution >= 4 is 0 Å². The second-order valence-corrected chi connectivity index (χ2v) is 5.01. The van der Waals surface area contributed by atoms with E-state index in [0.717, 1.165) is 18.7 Å². The maximum atomic E-state index is 8.91. The summed E-state index contributed by atoms with van der Waals surface area (Å²) in [7, 11) is 0. The second-order valence-electron chi connectivity index (χ2n) is 5.01. The smallest absolute Gasteiger partial charge is 0.0991 e. The van der Waals surface area contributed by atoms with E-state index in [1.54, 1.807) is 0 Å².